The van der Waals surface area contributed by atoms with Crippen LogP contribution in [0.1, 0.15) is 46.9 Å². The lowest BCUT2D eigenvalue weighted by molar-refractivity contribution is 0.310. The lowest BCUT2D eigenvalue weighted by Gasteiger charge is -2.08. The van der Waals surface area contributed by atoms with Crippen LogP contribution in [-0.4, -0.2) is 41.8 Å². The maximum absolute atomic E-state index is 11.0. The van der Waals surface area contributed by atoms with Crippen LogP contribution in [0.5, 0.6) is 0 Å². The van der Waals surface area contributed by atoms with Crippen LogP contribution in [0.25, 0.3) is 5.00 Å². The van der Waals surface area contributed by atoms with Gasteiger partial charge in [0.25, 0.3) is 10.1 Å². The second-order valence-electron chi connectivity index (χ2n) is 7.41. The number of hydrogen-bond donors (Lipinski definition) is 0. The number of halogens is 1. The lowest BCUT2D eigenvalue weighted by atomic mass is 10.0. The SMILES string of the molecule is Cc1nnc2n1-c1sc(CCCCCOS(C)(=O)=O)cc1C(c1ccccc1Cl)=NC2. The summed E-state index contributed by atoms with van der Waals surface area (Å²) in [6.07, 6.45) is 4.51. The molecular weight excluding hydrogens is 456 g/mol. The number of rotatable bonds is 8. The molecule has 0 unspecified atom stereocenters. The summed E-state index contributed by atoms with van der Waals surface area (Å²) in [6.45, 7) is 2.62. The highest BCUT2D eigenvalue weighted by Crippen LogP contribution is 2.35. The van der Waals surface area contributed by atoms with Crippen molar-refractivity contribution in [1.29, 1.82) is 0 Å². The molecule has 0 N–H and O–H groups in total. The summed E-state index contributed by atoms with van der Waals surface area (Å²) in [5.74, 6) is 1.64. The third kappa shape index (κ3) is 5.06. The monoisotopic (exact) mass is 478 g/mol. The Hall–Kier alpha value is -2.07. The van der Waals surface area contributed by atoms with Crippen LogP contribution in [-0.2, 0) is 27.3 Å². The van der Waals surface area contributed by atoms with Crippen LogP contribution in [0.15, 0.2) is 35.3 Å². The van der Waals surface area contributed by atoms with Crippen molar-refractivity contribution in [3.8, 4) is 5.00 Å². The largest absolute Gasteiger partial charge is 0.276 e. The summed E-state index contributed by atoms with van der Waals surface area (Å²) in [4.78, 5) is 6.08. The first-order chi connectivity index (χ1) is 14.8. The Morgan fingerprint density at radius 3 is 2.74 bits per heavy atom. The standard InChI is InChI=1S/C21H23ClN4O3S2/c1-14-24-25-19-13-23-20(16-9-5-6-10-18(16)22)17-12-15(30-21(17)26(14)19)8-4-3-7-11-29-31(2,27)28/h5-6,9-10,12H,3-4,7-8,11,13H2,1-2H3. The number of hydrogen-bond acceptors (Lipinski definition) is 7. The van der Waals surface area contributed by atoms with Crippen LogP contribution >= 0.6 is 22.9 Å². The molecule has 0 atom stereocenters. The maximum atomic E-state index is 11.0. The Kier molecular flexibility index (Phi) is 6.57. The quantitative estimate of drug-likeness (QED) is 0.355. The number of benzene rings is 1. The predicted octanol–water partition coefficient (Wildman–Crippen LogP) is 4.33. The third-order valence-electron chi connectivity index (χ3n) is 4.99. The van der Waals surface area contributed by atoms with Crippen LogP contribution in [0.4, 0.5) is 0 Å². The highest BCUT2D eigenvalue weighted by Gasteiger charge is 2.25. The highest BCUT2D eigenvalue weighted by atomic mass is 35.5. The van der Waals surface area contributed by atoms with Crippen molar-refractivity contribution >= 4 is 38.8 Å². The Bertz CT molecular complexity index is 1230. The maximum Gasteiger partial charge on any atom is 0.264 e. The van der Waals surface area contributed by atoms with E-state index in [-0.39, 0.29) is 6.61 Å². The van der Waals surface area contributed by atoms with Crippen molar-refractivity contribution in [3.63, 3.8) is 0 Å². The van der Waals surface area contributed by atoms with Crippen molar-refractivity contribution in [1.82, 2.24) is 14.8 Å². The van der Waals surface area contributed by atoms with Crippen LogP contribution < -0.4 is 0 Å². The number of unbranched alkanes of at least 4 members (excludes halogenated alkanes) is 2. The average molecular weight is 479 g/mol. The van der Waals surface area contributed by atoms with E-state index in [1.54, 1.807) is 11.3 Å². The summed E-state index contributed by atoms with van der Waals surface area (Å²) in [5, 5.41) is 10.3. The van der Waals surface area contributed by atoms with E-state index >= 15 is 0 Å². The normalized spacial score (nSPS) is 13.5. The smallest absolute Gasteiger partial charge is 0.264 e. The molecule has 1 aromatic carbocycles. The van der Waals surface area contributed by atoms with Gasteiger partial charge in [0.15, 0.2) is 5.82 Å². The first-order valence-electron chi connectivity index (χ1n) is 10.0. The number of thiophene rings is 1. The minimum atomic E-state index is -3.37. The molecule has 164 valence electrons. The molecule has 0 radical (unpaired) electrons. The molecule has 3 heterocycles. The van der Waals surface area contributed by atoms with Gasteiger partial charge in [-0.3, -0.25) is 13.7 Å². The first-order valence-corrected chi connectivity index (χ1v) is 13.0. The van der Waals surface area contributed by atoms with Crippen molar-refractivity contribution < 1.29 is 12.6 Å². The molecule has 0 saturated carbocycles. The van der Waals surface area contributed by atoms with Crippen molar-refractivity contribution in [2.45, 2.75) is 39.2 Å². The third-order valence-corrected chi connectivity index (χ3v) is 7.09. The zero-order chi connectivity index (χ0) is 22.0. The zero-order valence-corrected chi connectivity index (χ0v) is 19.7. The zero-order valence-electron chi connectivity index (χ0n) is 17.3. The summed E-state index contributed by atoms with van der Waals surface area (Å²) < 4.78 is 29.0. The van der Waals surface area contributed by atoms with Gasteiger partial charge in [0.1, 0.15) is 17.4 Å². The minimum Gasteiger partial charge on any atom is -0.276 e. The Morgan fingerprint density at radius 2 is 1.97 bits per heavy atom. The van der Waals surface area contributed by atoms with Gasteiger partial charge in [-0.15, -0.1) is 21.5 Å². The van der Waals surface area contributed by atoms with Crippen molar-refractivity contribution in [2.75, 3.05) is 12.9 Å². The number of aryl methyl sites for hydroxylation is 2. The number of fused-ring (bicyclic) bond motifs is 3. The van der Waals surface area contributed by atoms with Gasteiger partial charge in [0.2, 0.25) is 0 Å². The number of aliphatic imine (C=N–C) groups is 1. The van der Waals surface area contributed by atoms with Gasteiger partial charge in [-0.2, -0.15) is 8.42 Å². The molecule has 1 aliphatic heterocycles. The van der Waals surface area contributed by atoms with E-state index in [4.69, 9.17) is 20.8 Å². The minimum absolute atomic E-state index is 0.229. The molecule has 0 aliphatic carbocycles. The predicted molar refractivity (Wildman–Crippen MR) is 123 cm³/mol. The van der Waals surface area contributed by atoms with Gasteiger partial charge >= 0.3 is 0 Å². The molecule has 0 amide bonds. The molecule has 0 fully saturated rings. The van der Waals surface area contributed by atoms with E-state index in [1.165, 1.54) is 4.88 Å². The van der Waals surface area contributed by atoms with E-state index in [0.717, 1.165) is 59.0 Å². The molecule has 31 heavy (non-hydrogen) atoms. The molecule has 3 aromatic rings. The summed E-state index contributed by atoms with van der Waals surface area (Å²) in [7, 11) is -3.37. The Morgan fingerprint density at radius 1 is 1.16 bits per heavy atom. The Labute approximate surface area is 190 Å². The lowest BCUT2D eigenvalue weighted by Crippen LogP contribution is -2.05. The summed E-state index contributed by atoms with van der Waals surface area (Å²) in [5.41, 5.74) is 2.81. The van der Waals surface area contributed by atoms with Gasteiger partial charge < -0.3 is 0 Å². The fourth-order valence-corrected chi connectivity index (χ4v) is 5.48. The van der Waals surface area contributed by atoms with E-state index in [1.807, 2.05) is 31.2 Å². The average Bonchev–Trinajstić information content (AvgIpc) is 3.24. The Balaban J connectivity index is 1.58. The van der Waals surface area contributed by atoms with E-state index in [2.05, 4.69) is 20.8 Å². The number of aromatic nitrogens is 3. The topological polar surface area (TPSA) is 86.4 Å². The van der Waals surface area contributed by atoms with E-state index in [0.29, 0.717) is 18.0 Å². The molecule has 0 saturated heterocycles. The molecular formula is C21H23ClN4O3S2. The highest BCUT2D eigenvalue weighted by molar-refractivity contribution is 7.85. The van der Waals surface area contributed by atoms with E-state index in [9.17, 15) is 8.42 Å². The van der Waals surface area contributed by atoms with Crippen molar-refractivity contribution in [2.24, 2.45) is 4.99 Å². The molecule has 0 bridgehead atoms. The van der Waals surface area contributed by atoms with Crippen LogP contribution in [0.2, 0.25) is 5.02 Å². The van der Waals surface area contributed by atoms with Gasteiger partial charge in [-0.05, 0) is 38.3 Å². The molecule has 10 heteroatoms. The van der Waals surface area contributed by atoms with Crippen LogP contribution in [0.3, 0.4) is 0 Å². The number of nitrogens with zero attached hydrogens (tertiary/aromatic N) is 4. The molecule has 7 nitrogen and oxygen atoms in total. The van der Waals surface area contributed by atoms with Gasteiger partial charge in [-0.25, -0.2) is 0 Å². The van der Waals surface area contributed by atoms with E-state index < -0.39 is 10.1 Å². The van der Waals surface area contributed by atoms with Gasteiger partial charge in [0, 0.05) is 21.0 Å². The molecule has 1 aliphatic rings. The molecule has 2 aromatic heterocycles. The van der Waals surface area contributed by atoms with Crippen molar-refractivity contribution in [3.05, 3.63) is 63.0 Å². The second-order valence-corrected chi connectivity index (χ2v) is 10.6. The molecule has 0 spiro atoms. The molecule has 4 rings (SSSR count). The fourth-order valence-electron chi connectivity index (χ4n) is 3.57. The summed E-state index contributed by atoms with van der Waals surface area (Å²) in [6, 6.07) is 9.93. The fraction of sp³-hybridized carbons (Fsp3) is 0.381. The summed E-state index contributed by atoms with van der Waals surface area (Å²) >= 11 is 8.21. The van der Waals surface area contributed by atoms with Gasteiger partial charge in [-0.1, -0.05) is 36.2 Å². The van der Waals surface area contributed by atoms with Gasteiger partial charge in [0.05, 0.1) is 18.6 Å². The van der Waals surface area contributed by atoms with Crippen LogP contribution in [0, 0.1) is 6.92 Å². The second kappa shape index (κ2) is 9.20. The first kappa shape index (κ1) is 22.1.